The second-order valence-electron chi connectivity index (χ2n) is 4.35. The summed E-state index contributed by atoms with van der Waals surface area (Å²) in [5.41, 5.74) is 7.17. The lowest BCUT2D eigenvalue weighted by atomic mass is 10.1. The summed E-state index contributed by atoms with van der Waals surface area (Å²) in [7, 11) is 0. The third kappa shape index (κ3) is 3.22. The van der Waals surface area contributed by atoms with Gasteiger partial charge in [0.05, 0.1) is 0 Å². The van der Waals surface area contributed by atoms with Crippen LogP contribution in [0.5, 0.6) is 0 Å². The van der Waals surface area contributed by atoms with Crippen LogP contribution in [-0.4, -0.2) is 40.5 Å². The molecule has 5 heteroatoms. The summed E-state index contributed by atoms with van der Waals surface area (Å²) in [6, 6.07) is 3.00. The Morgan fingerprint density at radius 2 is 2.47 bits per heavy atom. The van der Waals surface area contributed by atoms with Crippen molar-refractivity contribution in [2.75, 3.05) is 24.6 Å². The zero-order valence-electron chi connectivity index (χ0n) is 9.97. The van der Waals surface area contributed by atoms with Crippen LogP contribution in [0, 0.1) is 0 Å². The molecule has 0 spiro atoms. The molecule has 1 aliphatic rings. The number of hydrogen-bond acceptors (Lipinski definition) is 4. The number of nitrogens with zero attached hydrogens (tertiary/aromatic N) is 2. The monoisotopic (exact) mass is 315 g/mol. The minimum absolute atomic E-state index is 0.288. The third-order valence-electron chi connectivity index (χ3n) is 3.15. The summed E-state index contributed by atoms with van der Waals surface area (Å²) in [4.78, 5) is 6.74. The Morgan fingerprint density at radius 3 is 3.12 bits per heavy atom. The predicted molar refractivity (Wildman–Crippen MR) is 77.2 cm³/mol. The highest BCUT2D eigenvalue weighted by molar-refractivity contribution is 9.10. The second kappa shape index (κ2) is 6.18. The summed E-state index contributed by atoms with van der Waals surface area (Å²) < 4.78 is 1.02. The molecule has 0 radical (unpaired) electrons. The lowest BCUT2D eigenvalue weighted by molar-refractivity contribution is 0.165. The third-order valence-corrected chi connectivity index (χ3v) is 4.78. The molecule has 0 aliphatic carbocycles. The quantitative estimate of drug-likeness (QED) is 0.929. The van der Waals surface area contributed by atoms with E-state index in [9.17, 15) is 0 Å². The van der Waals surface area contributed by atoms with Crippen LogP contribution in [0.4, 0.5) is 0 Å². The first-order chi connectivity index (χ1) is 8.22. The van der Waals surface area contributed by atoms with E-state index in [2.05, 4.69) is 38.8 Å². The first-order valence-corrected chi connectivity index (χ1v) is 7.81. The first kappa shape index (κ1) is 13.3. The van der Waals surface area contributed by atoms with Crippen molar-refractivity contribution in [2.45, 2.75) is 19.0 Å². The molecule has 1 saturated heterocycles. The highest BCUT2D eigenvalue weighted by Crippen LogP contribution is 2.27. The number of thioether (sulfide) groups is 1. The van der Waals surface area contributed by atoms with E-state index in [-0.39, 0.29) is 6.04 Å². The number of pyridine rings is 1. The molecule has 1 aromatic heterocycles. The maximum atomic E-state index is 5.96. The smallest absolute Gasteiger partial charge is 0.0489 e. The van der Waals surface area contributed by atoms with Gasteiger partial charge in [-0.3, -0.25) is 9.88 Å². The van der Waals surface area contributed by atoms with Crippen molar-refractivity contribution in [3.63, 3.8) is 0 Å². The molecular weight excluding hydrogens is 298 g/mol. The minimum Gasteiger partial charge on any atom is -0.329 e. The van der Waals surface area contributed by atoms with E-state index in [1.54, 1.807) is 0 Å². The molecule has 2 rings (SSSR count). The predicted octanol–water partition coefficient (Wildman–Crippen LogP) is 2.28. The molecule has 94 valence electrons. The average Bonchev–Trinajstić information content (AvgIpc) is 2.33. The van der Waals surface area contributed by atoms with E-state index >= 15 is 0 Å². The Bertz CT molecular complexity index is 375. The fraction of sp³-hybridized carbons (Fsp3) is 0.583. The molecule has 17 heavy (non-hydrogen) atoms. The van der Waals surface area contributed by atoms with Crippen molar-refractivity contribution in [3.05, 3.63) is 28.5 Å². The van der Waals surface area contributed by atoms with Gasteiger partial charge in [0, 0.05) is 53.5 Å². The molecule has 0 aromatic carbocycles. The van der Waals surface area contributed by atoms with Gasteiger partial charge in [-0.15, -0.1) is 0 Å². The van der Waals surface area contributed by atoms with Gasteiger partial charge in [-0.1, -0.05) is 0 Å². The molecule has 0 saturated carbocycles. The number of halogens is 1. The molecule has 2 atom stereocenters. The van der Waals surface area contributed by atoms with Crippen molar-refractivity contribution in [1.29, 1.82) is 0 Å². The second-order valence-corrected chi connectivity index (χ2v) is 6.42. The normalized spacial score (nSPS) is 23.6. The van der Waals surface area contributed by atoms with Crippen LogP contribution in [0.15, 0.2) is 22.9 Å². The van der Waals surface area contributed by atoms with E-state index in [4.69, 9.17) is 5.73 Å². The van der Waals surface area contributed by atoms with Crippen LogP contribution < -0.4 is 5.73 Å². The number of rotatable bonds is 3. The topological polar surface area (TPSA) is 42.1 Å². The molecule has 1 aliphatic heterocycles. The van der Waals surface area contributed by atoms with Crippen LogP contribution in [0.25, 0.3) is 0 Å². The molecule has 2 heterocycles. The lowest BCUT2D eigenvalue weighted by Crippen LogP contribution is -2.45. The summed E-state index contributed by atoms with van der Waals surface area (Å²) in [5.74, 6) is 2.39. The van der Waals surface area contributed by atoms with Crippen molar-refractivity contribution >= 4 is 27.7 Å². The van der Waals surface area contributed by atoms with Gasteiger partial charge < -0.3 is 5.73 Å². The van der Waals surface area contributed by atoms with Crippen molar-refractivity contribution < 1.29 is 0 Å². The molecule has 2 unspecified atom stereocenters. The van der Waals surface area contributed by atoms with Gasteiger partial charge in [-0.25, -0.2) is 0 Å². The zero-order valence-corrected chi connectivity index (χ0v) is 12.4. The lowest BCUT2D eigenvalue weighted by Gasteiger charge is -2.39. The van der Waals surface area contributed by atoms with Gasteiger partial charge in [0.15, 0.2) is 0 Å². The highest BCUT2D eigenvalue weighted by atomic mass is 79.9. The van der Waals surface area contributed by atoms with Gasteiger partial charge >= 0.3 is 0 Å². The Hall–Kier alpha value is -0.100. The van der Waals surface area contributed by atoms with Gasteiger partial charge in [-0.05, 0) is 34.5 Å². The van der Waals surface area contributed by atoms with Gasteiger partial charge in [-0.2, -0.15) is 11.8 Å². The number of nitrogens with two attached hydrogens (primary N) is 1. The van der Waals surface area contributed by atoms with Crippen LogP contribution in [0.3, 0.4) is 0 Å². The van der Waals surface area contributed by atoms with E-state index in [0.29, 0.717) is 12.6 Å². The standard InChI is InChI=1S/C12H18BrN3S/c1-9-8-17-3-2-16(9)12(5-14)10-4-11(13)7-15-6-10/h4,6-7,9,12H,2-3,5,8,14H2,1H3. The Morgan fingerprint density at radius 1 is 1.65 bits per heavy atom. The van der Waals surface area contributed by atoms with Gasteiger partial charge in [0.1, 0.15) is 0 Å². The summed E-state index contributed by atoms with van der Waals surface area (Å²) >= 11 is 5.50. The molecule has 1 fully saturated rings. The average molecular weight is 316 g/mol. The summed E-state index contributed by atoms with van der Waals surface area (Å²) in [5, 5.41) is 0. The molecule has 1 aromatic rings. The van der Waals surface area contributed by atoms with E-state index in [1.165, 1.54) is 17.1 Å². The van der Waals surface area contributed by atoms with Crippen LogP contribution in [0.1, 0.15) is 18.5 Å². The van der Waals surface area contributed by atoms with Crippen LogP contribution in [0.2, 0.25) is 0 Å². The molecule has 2 N–H and O–H groups in total. The number of hydrogen-bond donors (Lipinski definition) is 1. The number of aromatic nitrogens is 1. The largest absolute Gasteiger partial charge is 0.329 e. The Labute approximate surface area is 115 Å². The summed E-state index contributed by atoms with van der Waals surface area (Å²) in [6.45, 7) is 4.04. The van der Waals surface area contributed by atoms with Crippen LogP contribution in [-0.2, 0) is 0 Å². The fourth-order valence-electron chi connectivity index (χ4n) is 2.28. The maximum absolute atomic E-state index is 5.96. The molecule has 0 bridgehead atoms. The highest BCUT2D eigenvalue weighted by Gasteiger charge is 2.26. The SMILES string of the molecule is CC1CSCCN1C(CN)c1cncc(Br)c1. The Balaban J connectivity index is 2.20. The Kier molecular flexibility index (Phi) is 4.85. The van der Waals surface area contributed by atoms with E-state index < -0.39 is 0 Å². The molecule has 3 nitrogen and oxygen atoms in total. The van der Waals surface area contributed by atoms with Crippen molar-refractivity contribution in [1.82, 2.24) is 9.88 Å². The van der Waals surface area contributed by atoms with Gasteiger partial charge in [0.25, 0.3) is 0 Å². The fourth-order valence-corrected chi connectivity index (χ4v) is 3.70. The minimum atomic E-state index is 0.288. The van der Waals surface area contributed by atoms with E-state index in [0.717, 1.165) is 11.0 Å². The van der Waals surface area contributed by atoms with Crippen LogP contribution >= 0.6 is 27.7 Å². The molecule has 0 amide bonds. The van der Waals surface area contributed by atoms with Crippen molar-refractivity contribution in [2.24, 2.45) is 5.73 Å². The van der Waals surface area contributed by atoms with Crippen molar-refractivity contribution in [3.8, 4) is 0 Å². The molecular formula is C12H18BrN3S. The van der Waals surface area contributed by atoms with Gasteiger partial charge in [0.2, 0.25) is 0 Å². The zero-order chi connectivity index (χ0) is 12.3. The first-order valence-electron chi connectivity index (χ1n) is 5.86. The maximum Gasteiger partial charge on any atom is 0.0489 e. The summed E-state index contributed by atoms with van der Waals surface area (Å²) in [6.07, 6.45) is 3.74. The van der Waals surface area contributed by atoms with E-state index in [1.807, 2.05) is 24.2 Å².